The molecular formula is C19H23FN2O2. The molecule has 128 valence electrons. The molecule has 1 aromatic carbocycles. The number of nitrogens with zero attached hydrogens (tertiary/aromatic N) is 2. The van der Waals surface area contributed by atoms with Crippen LogP contribution in [-0.4, -0.2) is 39.8 Å². The van der Waals surface area contributed by atoms with E-state index >= 15 is 0 Å². The molecular weight excluding hydrogens is 307 g/mol. The van der Waals surface area contributed by atoms with Gasteiger partial charge in [-0.15, -0.1) is 0 Å². The average molecular weight is 330 g/mol. The van der Waals surface area contributed by atoms with E-state index in [1.165, 1.54) is 17.7 Å². The van der Waals surface area contributed by atoms with Gasteiger partial charge in [0.05, 0.1) is 0 Å². The first-order valence-electron chi connectivity index (χ1n) is 8.20. The molecule has 24 heavy (non-hydrogen) atoms. The molecule has 0 spiro atoms. The second kappa shape index (κ2) is 6.87. The van der Waals surface area contributed by atoms with Gasteiger partial charge in [0, 0.05) is 38.1 Å². The van der Waals surface area contributed by atoms with Crippen molar-refractivity contribution in [2.45, 2.75) is 38.5 Å². The molecule has 1 aromatic heterocycles. The van der Waals surface area contributed by atoms with Crippen LogP contribution >= 0.6 is 0 Å². The Morgan fingerprint density at radius 1 is 1.42 bits per heavy atom. The van der Waals surface area contributed by atoms with E-state index in [9.17, 15) is 9.50 Å². The van der Waals surface area contributed by atoms with Crippen LogP contribution in [0.15, 0.2) is 42.7 Å². The third-order valence-electron chi connectivity index (χ3n) is 4.55. The van der Waals surface area contributed by atoms with Crippen molar-refractivity contribution in [3.63, 3.8) is 0 Å². The van der Waals surface area contributed by atoms with Crippen LogP contribution in [0, 0.1) is 12.7 Å². The molecule has 0 amide bonds. The molecule has 0 aliphatic carbocycles. The average Bonchev–Trinajstić information content (AvgIpc) is 2.52. The van der Waals surface area contributed by atoms with Gasteiger partial charge in [0.2, 0.25) is 0 Å². The summed E-state index contributed by atoms with van der Waals surface area (Å²) in [6.45, 7) is 5.92. The van der Waals surface area contributed by atoms with Gasteiger partial charge < -0.3 is 9.84 Å². The van der Waals surface area contributed by atoms with E-state index in [0.29, 0.717) is 18.7 Å². The Morgan fingerprint density at radius 3 is 2.96 bits per heavy atom. The minimum atomic E-state index is -0.995. The summed E-state index contributed by atoms with van der Waals surface area (Å²) in [6.07, 6.45) is 3.98. The maximum atomic E-state index is 13.3. The first kappa shape index (κ1) is 16.9. The van der Waals surface area contributed by atoms with Crippen molar-refractivity contribution in [1.82, 2.24) is 9.88 Å². The summed E-state index contributed by atoms with van der Waals surface area (Å²) in [6, 6.07) is 8.07. The zero-order valence-electron chi connectivity index (χ0n) is 14.1. The van der Waals surface area contributed by atoms with Gasteiger partial charge in [0.15, 0.2) is 0 Å². The van der Waals surface area contributed by atoms with Crippen LogP contribution in [0.2, 0.25) is 0 Å². The van der Waals surface area contributed by atoms with Gasteiger partial charge >= 0.3 is 0 Å². The van der Waals surface area contributed by atoms with E-state index in [0.717, 1.165) is 18.7 Å². The largest absolute Gasteiger partial charge is 0.487 e. The number of aryl methyl sites for hydroxylation is 1. The van der Waals surface area contributed by atoms with E-state index in [2.05, 4.69) is 9.88 Å². The normalized spacial score (nSPS) is 24.8. The maximum Gasteiger partial charge on any atom is 0.129 e. The predicted octanol–water partition coefficient (Wildman–Crippen LogP) is 2.93. The second-order valence-corrected chi connectivity index (χ2v) is 6.72. The fraction of sp³-hybridized carbons (Fsp3) is 0.421. The number of likely N-dealkylation sites (tertiary alicyclic amines) is 1. The van der Waals surface area contributed by atoms with Gasteiger partial charge in [-0.2, -0.15) is 0 Å². The zero-order valence-corrected chi connectivity index (χ0v) is 14.1. The molecule has 1 aliphatic heterocycles. The Balaban J connectivity index is 1.65. The van der Waals surface area contributed by atoms with Crippen LogP contribution < -0.4 is 4.74 Å². The van der Waals surface area contributed by atoms with Gasteiger partial charge in [-0.3, -0.25) is 9.88 Å². The van der Waals surface area contributed by atoms with E-state index in [1.54, 1.807) is 25.3 Å². The summed E-state index contributed by atoms with van der Waals surface area (Å²) in [4.78, 5) is 6.33. The summed E-state index contributed by atoms with van der Waals surface area (Å²) < 4.78 is 19.1. The van der Waals surface area contributed by atoms with Crippen LogP contribution in [0.4, 0.5) is 4.39 Å². The van der Waals surface area contributed by atoms with Gasteiger partial charge in [0.1, 0.15) is 23.3 Å². The SMILES string of the molecule is Cc1cnccc1CN1CC[C@H](Oc2cccc(F)c2)[C@@](C)(O)C1. The van der Waals surface area contributed by atoms with Crippen molar-refractivity contribution in [2.75, 3.05) is 13.1 Å². The van der Waals surface area contributed by atoms with Gasteiger partial charge in [-0.1, -0.05) is 6.07 Å². The van der Waals surface area contributed by atoms with E-state index in [-0.39, 0.29) is 11.9 Å². The van der Waals surface area contributed by atoms with Crippen molar-refractivity contribution >= 4 is 0 Å². The molecule has 2 aromatic rings. The van der Waals surface area contributed by atoms with Crippen molar-refractivity contribution < 1.29 is 14.2 Å². The molecule has 0 bridgehead atoms. The molecule has 0 saturated carbocycles. The fourth-order valence-corrected chi connectivity index (χ4v) is 3.19. The Hall–Kier alpha value is -1.98. The van der Waals surface area contributed by atoms with Gasteiger partial charge in [-0.05, 0) is 49.6 Å². The highest BCUT2D eigenvalue weighted by atomic mass is 19.1. The topological polar surface area (TPSA) is 45.6 Å². The van der Waals surface area contributed by atoms with E-state index in [4.69, 9.17) is 4.74 Å². The number of aromatic nitrogens is 1. The quantitative estimate of drug-likeness (QED) is 0.936. The molecule has 2 atom stereocenters. The smallest absolute Gasteiger partial charge is 0.129 e. The van der Waals surface area contributed by atoms with Gasteiger partial charge in [-0.25, -0.2) is 4.39 Å². The molecule has 0 unspecified atom stereocenters. The first-order valence-corrected chi connectivity index (χ1v) is 8.20. The lowest BCUT2D eigenvalue weighted by molar-refractivity contribution is -0.0993. The van der Waals surface area contributed by atoms with Gasteiger partial charge in [0.25, 0.3) is 0 Å². The number of halogens is 1. The highest BCUT2D eigenvalue weighted by Crippen LogP contribution is 2.27. The summed E-state index contributed by atoms with van der Waals surface area (Å²) in [5.41, 5.74) is 1.37. The summed E-state index contributed by atoms with van der Waals surface area (Å²) in [5, 5.41) is 10.8. The number of rotatable bonds is 4. The molecule has 1 N–H and O–H groups in total. The molecule has 5 heteroatoms. The zero-order chi connectivity index (χ0) is 17.2. The predicted molar refractivity (Wildman–Crippen MR) is 90.3 cm³/mol. The molecule has 2 heterocycles. The van der Waals surface area contributed by atoms with Crippen LogP contribution in [0.5, 0.6) is 5.75 Å². The van der Waals surface area contributed by atoms with Crippen LogP contribution in [0.3, 0.4) is 0 Å². The summed E-state index contributed by atoms with van der Waals surface area (Å²) in [7, 11) is 0. The molecule has 1 aliphatic rings. The van der Waals surface area contributed by atoms with Crippen molar-refractivity contribution in [2.24, 2.45) is 0 Å². The Morgan fingerprint density at radius 2 is 2.25 bits per heavy atom. The minimum Gasteiger partial charge on any atom is -0.487 e. The number of benzene rings is 1. The number of pyridine rings is 1. The Labute approximate surface area is 141 Å². The number of hydrogen-bond acceptors (Lipinski definition) is 4. The fourth-order valence-electron chi connectivity index (χ4n) is 3.19. The van der Waals surface area contributed by atoms with Crippen LogP contribution in [0.25, 0.3) is 0 Å². The highest BCUT2D eigenvalue weighted by Gasteiger charge is 2.39. The molecule has 3 rings (SSSR count). The van der Waals surface area contributed by atoms with Crippen molar-refractivity contribution in [3.8, 4) is 5.75 Å². The van der Waals surface area contributed by atoms with E-state index < -0.39 is 5.60 Å². The number of hydrogen-bond donors (Lipinski definition) is 1. The molecule has 1 saturated heterocycles. The minimum absolute atomic E-state index is 0.335. The number of piperidine rings is 1. The molecule has 0 radical (unpaired) electrons. The lowest BCUT2D eigenvalue weighted by Gasteiger charge is -2.42. The number of ether oxygens (including phenoxy) is 1. The highest BCUT2D eigenvalue weighted by molar-refractivity contribution is 5.24. The molecule has 1 fully saturated rings. The lowest BCUT2D eigenvalue weighted by atomic mass is 9.91. The Bertz CT molecular complexity index is 705. The monoisotopic (exact) mass is 330 g/mol. The van der Waals surface area contributed by atoms with Crippen LogP contribution in [0.1, 0.15) is 24.5 Å². The third-order valence-corrected chi connectivity index (χ3v) is 4.55. The maximum absolute atomic E-state index is 13.3. The molecule has 4 nitrogen and oxygen atoms in total. The summed E-state index contributed by atoms with van der Waals surface area (Å²) >= 11 is 0. The Kier molecular flexibility index (Phi) is 4.83. The lowest BCUT2D eigenvalue weighted by Crippen LogP contribution is -2.56. The first-order chi connectivity index (χ1) is 11.4. The number of β-amino-alcohol motifs (C(OH)–C–C–N with tert-alkyl or cyclic N) is 1. The number of aliphatic hydroxyl groups is 1. The summed E-state index contributed by atoms with van der Waals surface area (Å²) in [5.74, 6) is 0.122. The standard InChI is InChI=1S/C19H23FN2O2/c1-14-11-21-8-6-15(14)12-22-9-7-18(19(2,23)13-22)24-17-5-3-4-16(20)10-17/h3-6,8,10-11,18,23H,7,9,12-13H2,1-2H3/t18-,19-/m0/s1. The van der Waals surface area contributed by atoms with E-state index in [1.807, 2.05) is 19.2 Å². The van der Waals surface area contributed by atoms with Crippen molar-refractivity contribution in [1.29, 1.82) is 0 Å². The second-order valence-electron chi connectivity index (χ2n) is 6.72. The van der Waals surface area contributed by atoms with Crippen molar-refractivity contribution in [3.05, 3.63) is 59.7 Å². The third kappa shape index (κ3) is 3.91. The van der Waals surface area contributed by atoms with Crippen LogP contribution in [-0.2, 0) is 6.54 Å².